The van der Waals surface area contributed by atoms with Gasteiger partial charge >= 0.3 is 0 Å². The highest BCUT2D eigenvalue weighted by Gasteiger charge is 1.92. The van der Waals surface area contributed by atoms with Gasteiger partial charge in [0.25, 0.3) is 0 Å². The zero-order valence-corrected chi connectivity index (χ0v) is 10.5. The summed E-state index contributed by atoms with van der Waals surface area (Å²) in [5.74, 6) is 0. The Kier molecular flexibility index (Phi) is 13.6. The van der Waals surface area contributed by atoms with E-state index in [1.807, 2.05) is 58.9 Å². The van der Waals surface area contributed by atoms with Crippen molar-refractivity contribution in [3.8, 4) is 0 Å². The third kappa shape index (κ3) is 7.80. The van der Waals surface area contributed by atoms with Crippen LogP contribution in [0, 0.1) is 0 Å². The number of nitrogens with one attached hydrogen (secondary N) is 1. The Morgan fingerprint density at radius 1 is 1.29 bits per heavy atom. The van der Waals surface area contributed by atoms with E-state index in [1.54, 1.807) is 0 Å². The maximum atomic E-state index is 4.06. The third-order valence-corrected chi connectivity index (χ3v) is 1.42. The van der Waals surface area contributed by atoms with Gasteiger partial charge in [-0.3, -0.25) is 4.68 Å². The minimum Gasteiger partial charge on any atom is -0.319 e. The van der Waals surface area contributed by atoms with E-state index in [0.29, 0.717) is 0 Å². The molecule has 0 aromatic carbocycles. The van der Waals surface area contributed by atoms with E-state index in [4.69, 9.17) is 0 Å². The van der Waals surface area contributed by atoms with Gasteiger partial charge in [-0.1, -0.05) is 27.7 Å². The number of hydrogen-bond donors (Lipinski definition) is 1. The van der Waals surface area contributed by atoms with Crippen LogP contribution < -0.4 is 5.32 Å². The Hall–Kier alpha value is -0.830. The SMILES string of the molecule is CC.CC.CNCCc1cnn(C)c1. The summed E-state index contributed by atoms with van der Waals surface area (Å²) in [5, 5.41) is 7.15. The highest BCUT2D eigenvalue weighted by molar-refractivity contribution is 5.03. The van der Waals surface area contributed by atoms with E-state index >= 15 is 0 Å². The molecule has 0 fully saturated rings. The molecular weight excluding hydrogens is 174 g/mol. The largest absolute Gasteiger partial charge is 0.319 e. The Bertz CT molecular complexity index is 194. The molecule has 1 heterocycles. The van der Waals surface area contributed by atoms with Gasteiger partial charge in [0.2, 0.25) is 0 Å². The summed E-state index contributed by atoms with van der Waals surface area (Å²) in [7, 11) is 3.89. The van der Waals surface area contributed by atoms with Crippen molar-refractivity contribution in [1.29, 1.82) is 0 Å². The molecule has 0 unspecified atom stereocenters. The van der Waals surface area contributed by atoms with Gasteiger partial charge in [0.05, 0.1) is 6.20 Å². The van der Waals surface area contributed by atoms with Crippen molar-refractivity contribution >= 4 is 0 Å². The fraction of sp³-hybridized carbons (Fsp3) is 0.727. The van der Waals surface area contributed by atoms with Crippen LogP contribution in [0.25, 0.3) is 0 Å². The van der Waals surface area contributed by atoms with Crippen LogP contribution in [0.2, 0.25) is 0 Å². The van der Waals surface area contributed by atoms with Gasteiger partial charge in [-0.15, -0.1) is 0 Å². The van der Waals surface area contributed by atoms with Crippen molar-refractivity contribution in [2.75, 3.05) is 13.6 Å². The lowest BCUT2D eigenvalue weighted by Crippen LogP contribution is -2.09. The quantitative estimate of drug-likeness (QED) is 0.809. The second-order valence-corrected chi connectivity index (χ2v) is 2.38. The van der Waals surface area contributed by atoms with Crippen molar-refractivity contribution in [3.63, 3.8) is 0 Å². The number of nitrogens with zero attached hydrogens (tertiary/aromatic N) is 2. The van der Waals surface area contributed by atoms with Gasteiger partial charge in [-0.25, -0.2) is 0 Å². The normalized spacial score (nSPS) is 8.14. The minimum atomic E-state index is 1.02. The highest BCUT2D eigenvalue weighted by Crippen LogP contribution is 1.95. The van der Waals surface area contributed by atoms with Crippen LogP contribution in [-0.2, 0) is 13.5 Å². The molecule has 0 bridgehead atoms. The third-order valence-electron chi connectivity index (χ3n) is 1.42. The molecule has 0 aliphatic heterocycles. The molecule has 0 atom stereocenters. The van der Waals surface area contributed by atoms with E-state index in [2.05, 4.69) is 10.4 Å². The summed E-state index contributed by atoms with van der Waals surface area (Å²) < 4.78 is 1.82. The van der Waals surface area contributed by atoms with Crippen LogP contribution in [0.15, 0.2) is 12.4 Å². The molecule has 1 rings (SSSR count). The molecule has 0 saturated carbocycles. The first-order valence-electron chi connectivity index (χ1n) is 5.45. The number of rotatable bonds is 3. The van der Waals surface area contributed by atoms with Gasteiger partial charge < -0.3 is 5.32 Å². The zero-order chi connectivity index (χ0) is 11.4. The van der Waals surface area contributed by atoms with E-state index in [0.717, 1.165) is 13.0 Å². The molecule has 0 saturated heterocycles. The second kappa shape index (κ2) is 12.2. The number of aromatic nitrogens is 2. The molecule has 0 spiro atoms. The summed E-state index contributed by atoms with van der Waals surface area (Å²) in [6, 6.07) is 0. The molecule has 3 nitrogen and oxygen atoms in total. The average Bonchev–Trinajstić information content (AvgIpc) is 2.67. The summed E-state index contributed by atoms with van der Waals surface area (Å²) in [5.41, 5.74) is 1.29. The van der Waals surface area contributed by atoms with Gasteiger partial charge in [0.1, 0.15) is 0 Å². The lowest BCUT2D eigenvalue weighted by molar-refractivity contribution is 0.763. The predicted molar refractivity (Wildman–Crippen MR) is 63.5 cm³/mol. The number of hydrogen-bond acceptors (Lipinski definition) is 2. The molecule has 3 heteroatoms. The van der Waals surface area contributed by atoms with Crippen LogP contribution in [0.3, 0.4) is 0 Å². The van der Waals surface area contributed by atoms with Crippen LogP contribution in [0.1, 0.15) is 33.3 Å². The Labute approximate surface area is 88.5 Å². The van der Waals surface area contributed by atoms with E-state index in [9.17, 15) is 0 Å². The standard InChI is InChI=1S/C7H13N3.2C2H6/c1-8-4-3-7-5-9-10(2)6-7;2*1-2/h5-6,8H,3-4H2,1-2H3;2*1-2H3. The average molecular weight is 199 g/mol. The van der Waals surface area contributed by atoms with Crippen LogP contribution >= 0.6 is 0 Å². The van der Waals surface area contributed by atoms with Crippen molar-refractivity contribution in [2.24, 2.45) is 7.05 Å². The second-order valence-electron chi connectivity index (χ2n) is 2.38. The first-order chi connectivity index (χ1) is 6.83. The summed E-state index contributed by atoms with van der Waals surface area (Å²) >= 11 is 0. The van der Waals surface area contributed by atoms with Crippen molar-refractivity contribution in [1.82, 2.24) is 15.1 Å². The van der Waals surface area contributed by atoms with E-state index < -0.39 is 0 Å². The van der Waals surface area contributed by atoms with Crippen LogP contribution in [-0.4, -0.2) is 23.4 Å². The fourth-order valence-electron chi connectivity index (χ4n) is 0.870. The predicted octanol–water partition coefficient (Wildman–Crippen LogP) is 2.23. The molecule has 0 radical (unpaired) electrons. The number of aryl methyl sites for hydroxylation is 1. The maximum Gasteiger partial charge on any atom is 0.0522 e. The van der Waals surface area contributed by atoms with Crippen molar-refractivity contribution < 1.29 is 0 Å². The Morgan fingerprint density at radius 3 is 2.21 bits per heavy atom. The minimum absolute atomic E-state index is 1.02. The van der Waals surface area contributed by atoms with Gasteiger partial charge in [0, 0.05) is 13.2 Å². The van der Waals surface area contributed by atoms with Gasteiger partial charge in [-0.2, -0.15) is 5.10 Å². The van der Waals surface area contributed by atoms with Crippen LogP contribution in [0.5, 0.6) is 0 Å². The monoisotopic (exact) mass is 199 g/mol. The maximum absolute atomic E-state index is 4.06. The van der Waals surface area contributed by atoms with E-state index in [-0.39, 0.29) is 0 Å². The lowest BCUT2D eigenvalue weighted by Gasteiger charge is -1.92. The van der Waals surface area contributed by atoms with Gasteiger partial charge in [0.15, 0.2) is 0 Å². The fourth-order valence-corrected chi connectivity index (χ4v) is 0.870. The van der Waals surface area contributed by atoms with Crippen molar-refractivity contribution in [3.05, 3.63) is 18.0 Å². The first-order valence-corrected chi connectivity index (χ1v) is 5.45. The summed E-state index contributed by atoms with van der Waals surface area (Å²) in [6.07, 6.45) is 5.00. The summed E-state index contributed by atoms with van der Waals surface area (Å²) in [6.45, 7) is 9.02. The highest BCUT2D eigenvalue weighted by atomic mass is 15.2. The Morgan fingerprint density at radius 2 is 1.86 bits per heavy atom. The summed E-state index contributed by atoms with van der Waals surface area (Å²) in [4.78, 5) is 0. The first kappa shape index (κ1) is 15.6. The smallest absolute Gasteiger partial charge is 0.0522 e. The molecule has 0 aliphatic rings. The number of likely N-dealkylation sites (N-methyl/N-ethyl adjacent to an activating group) is 1. The Balaban J connectivity index is 0. The molecule has 14 heavy (non-hydrogen) atoms. The molecule has 0 amide bonds. The van der Waals surface area contributed by atoms with Crippen LogP contribution in [0.4, 0.5) is 0 Å². The molecule has 1 N–H and O–H groups in total. The zero-order valence-electron chi connectivity index (χ0n) is 10.5. The van der Waals surface area contributed by atoms with Crippen molar-refractivity contribution in [2.45, 2.75) is 34.1 Å². The molecule has 1 aromatic rings. The molecule has 1 aromatic heterocycles. The van der Waals surface area contributed by atoms with Gasteiger partial charge in [-0.05, 0) is 25.6 Å². The molecular formula is C11H25N3. The lowest BCUT2D eigenvalue weighted by atomic mass is 10.2. The molecule has 84 valence electrons. The van der Waals surface area contributed by atoms with E-state index in [1.165, 1.54) is 5.56 Å². The molecule has 0 aliphatic carbocycles. The topological polar surface area (TPSA) is 29.9 Å².